The van der Waals surface area contributed by atoms with Gasteiger partial charge in [-0.15, -0.1) is 6.58 Å². The fraction of sp³-hybridized carbons (Fsp3) is 0.500. The molecule has 2 N–H and O–H groups in total. The van der Waals surface area contributed by atoms with Crippen molar-refractivity contribution < 1.29 is 8.42 Å². The van der Waals surface area contributed by atoms with Crippen LogP contribution in [0.15, 0.2) is 23.6 Å². The minimum absolute atomic E-state index is 0.262. The van der Waals surface area contributed by atoms with Crippen molar-refractivity contribution in [1.82, 2.24) is 4.31 Å². The maximum absolute atomic E-state index is 13.1. The Morgan fingerprint density at radius 2 is 1.76 bits per heavy atom. The highest BCUT2D eigenvalue weighted by atomic mass is 32.2. The van der Waals surface area contributed by atoms with E-state index >= 15 is 0 Å². The molecule has 0 heterocycles. The zero-order valence-corrected chi connectivity index (χ0v) is 14.6. The third kappa shape index (κ3) is 3.30. The topological polar surface area (TPSA) is 63.4 Å². The van der Waals surface area contributed by atoms with E-state index in [-0.39, 0.29) is 6.54 Å². The number of nitrogens with two attached hydrogens (primary N) is 1. The molecule has 1 aromatic carbocycles. The zero-order chi connectivity index (χ0) is 16.6. The normalized spacial score (nSPS) is 12.7. The Labute approximate surface area is 128 Å². The minimum atomic E-state index is -3.65. The predicted octanol–water partition coefficient (Wildman–Crippen LogP) is 3.17. The predicted molar refractivity (Wildman–Crippen MR) is 88.9 cm³/mol. The third-order valence-electron chi connectivity index (χ3n) is 3.67. The van der Waals surface area contributed by atoms with Crippen LogP contribution >= 0.6 is 0 Å². The van der Waals surface area contributed by atoms with Crippen LogP contribution < -0.4 is 5.73 Å². The van der Waals surface area contributed by atoms with Crippen molar-refractivity contribution in [3.63, 3.8) is 0 Å². The van der Waals surface area contributed by atoms with Crippen molar-refractivity contribution in [3.8, 4) is 0 Å². The molecule has 0 fully saturated rings. The number of aryl methyl sites for hydroxylation is 1. The van der Waals surface area contributed by atoms with E-state index in [9.17, 15) is 8.42 Å². The Kier molecular flexibility index (Phi) is 4.90. The summed E-state index contributed by atoms with van der Waals surface area (Å²) in [5, 5.41) is 0. The molecule has 0 unspecified atom stereocenters. The largest absolute Gasteiger partial charge is 0.398 e. The lowest BCUT2D eigenvalue weighted by molar-refractivity contribution is 0.269. The Bertz CT molecular complexity index is 630. The van der Waals surface area contributed by atoms with Gasteiger partial charge in [-0.3, -0.25) is 0 Å². The van der Waals surface area contributed by atoms with E-state index in [1.807, 2.05) is 40.7 Å². The molecule has 0 spiro atoms. The van der Waals surface area contributed by atoms with Gasteiger partial charge >= 0.3 is 0 Å². The summed E-state index contributed by atoms with van der Waals surface area (Å²) in [5.74, 6) is 0. The molecule has 0 aliphatic heterocycles. The van der Waals surface area contributed by atoms with Gasteiger partial charge in [-0.05, 0) is 64.3 Å². The van der Waals surface area contributed by atoms with E-state index in [4.69, 9.17) is 5.73 Å². The lowest BCUT2D eigenvalue weighted by atomic mass is 10.1. The highest BCUT2D eigenvalue weighted by Crippen LogP contribution is 2.33. The van der Waals surface area contributed by atoms with Gasteiger partial charge < -0.3 is 5.73 Å². The van der Waals surface area contributed by atoms with Gasteiger partial charge in [0.2, 0.25) is 10.0 Å². The molecular formula is C16H26N2O2S. The summed E-state index contributed by atoms with van der Waals surface area (Å²) >= 11 is 0. The summed E-state index contributed by atoms with van der Waals surface area (Å²) in [6, 6.07) is 1.82. The van der Waals surface area contributed by atoms with Crippen LogP contribution in [0.2, 0.25) is 0 Å². The highest BCUT2D eigenvalue weighted by molar-refractivity contribution is 7.89. The molecule has 4 nitrogen and oxygen atoms in total. The summed E-state index contributed by atoms with van der Waals surface area (Å²) in [6.45, 7) is 15.0. The Morgan fingerprint density at radius 1 is 1.24 bits per heavy atom. The van der Waals surface area contributed by atoms with Crippen LogP contribution in [-0.4, -0.2) is 24.8 Å². The van der Waals surface area contributed by atoms with Crippen molar-refractivity contribution in [2.45, 2.75) is 52.0 Å². The number of rotatable bonds is 4. The van der Waals surface area contributed by atoms with Crippen LogP contribution in [-0.2, 0) is 10.0 Å². The molecule has 0 saturated carbocycles. The maximum atomic E-state index is 13.1. The highest BCUT2D eigenvalue weighted by Gasteiger charge is 2.35. The van der Waals surface area contributed by atoms with Crippen LogP contribution in [0.4, 0.5) is 5.69 Å². The van der Waals surface area contributed by atoms with Crippen molar-refractivity contribution in [2.75, 3.05) is 12.3 Å². The van der Waals surface area contributed by atoms with Crippen LogP contribution in [0.3, 0.4) is 0 Å². The van der Waals surface area contributed by atoms with Crippen molar-refractivity contribution >= 4 is 15.7 Å². The SMILES string of the molecule is C=CCN(C(C)(C)C)S(=O)(=O)c1c(C)c(C)cc(N)c1C. The first-order valence-corrected chi connectivity index (χ1v) is 8.38. The van der Waals surface area contributed by atoms with Gasteiger partial charge in [0.05, 0.1) is 4.90 Å². The van der Waals surface area contributed by atoms with Crippen LogP contribution in [0, 0.1) is 20.8 Å². The molecule has 1 rings (SSSR count). The van der Waals surface area contributed by atoms with Crippen LogP contribution in [0.1, 0.15) is 37.5 Å². The number of sulfonamides is 1. The first-order chi connectivity index (χ1) is 9.44. The Balaban J connectivity index is 3.68. The molecule has 21 heavy (non-hydrogen) atoms. The maximum Gasteiger partial charge on any atom is 0.244 e. The number of hydrogen-bond acceptors (Lipinski definition) is 3. The molecule has 0 saturated heterocycles. The van der Waals surface area contributed by atoms with Crippen molar-refractivity contribution in [3.05, 3.63) is 35.4 Å². The van der Waals surface area contributed by atoms with E-state index in [0.29, 0.717) is 16.1 Å². The third-order valence-corrected chi connectivity index (χ3v) is 6.07. The average molecular weight is 310 g/mol. The standard InChI is InChI=1S/C16H26N2O2S/c1-8-9-18(16(5,6)7)21(19,20)15-12(3)11(2)10-14(17)13(15)4/h8,10H,1,9,17H2,2-7H3. The number of hydrogen-bond donors (Lipinski definition) is 1. The fourth-order valence-electron chi connectivity index (χ4n) is 2.39. The molecule has 118 valence electrons. The molecule has 0 atom stereocenters. The summed E-state index contributed by atoms with van der Waals surface area (Å²) in [6.07, 6.45) is 1.60. The van der Waals surface area contributed by atoms with Crippen molar-refractivity contribution in [1.29, 1.82) is 0 Å². The first-order valence-electron chi connectivity index (χ1n) is 6.94. The average Bonchev–Trinajstić information content (AvgIpc) is 2.32. The molecule has 1 aromatic rings. The van der Waals surface area contributed by atoms with Crippen LogP contribution in [0.25, 0.3) is 0 Å². The molecule has 0 aromatic heterocycles. The summed E-state index contributed by atoms with van der Waals surface area (Å²) < 4.78 is 27.7. The van der Waals surface area contributed by atoms with E-state index < -0.39 is 15.6 Å². The van der Waals surface area contributed by atoms with E-state index in [0.717, 1.165) is 11.1 Å². The van der Waals surface area contributed by atoms with E-state index in [1.54, 1.807) is 13.0 Å². The number of benzene rings is 1. The summed E-state index contributed by atoms with van der Waals surface area (Å²) in [7, 11) is -3.65. The van der Waals surface area contributed by atoms with Crippen molar-refractivity contribution in [2.24, 2.45) is 0 Å². The summed E-state index contributed by atoms with van der Waals surface area (Å²) in [4.78, 5) is 0.316. The molecule has 0 amide bonds. The molecule has 0 radical (unpaired) electrons. The van der Waals surface area contributed by atoms with Crippen LogP contribution in [0.5, 0.6) is 0 Å². The lowest BCUT2D eigenvalue weighted by Gasteiger charge is -2.34. The second-order valence-electron chi connectivity index (χ2n) is 6.36. The monoisotopic (exact) mass is 310 g/mol. The first kappa shape index (κ1) is 17.7. The van der Waals surface area contributed by atoms with Gasteiger partial charge in [0.1, 0.15) is 0 Å². The van der Waals surface area contributed by atoms with Gasteiger partial charge in [-0.1, -0.05) is 6.08 Å². The Morgan fingerprint density at radius 3 is 2.19 bits per heavy atom. The van der Waals surface area contributed by atoms with E-state index in [2.05, 4.69) is 6.58 Å². The second kappa shape index (κ2) is 5.81. The smallest absolute Gasteiger partial charge is 0.244 e. The minimum Gasteiger partial charge on any atom is -0.398 e. The lowest BCUT2D eigenvalue weighted by Crippen LogP contribution is -2.46. The summed E-state index contributed by atoms with van der Waals surface area (Å²) in [5.41, 5.74) is 8.17. The quantitative estimate of drug-likeness (QED) is 0.686. The molecular weight excluding hydrogens is 284 g/mol. The van der Waals surface area contributed by atoms with E-state index in [1.165, 1.54) is 4.31 Å². The molecule has 0 bridgehead atoms. The van der Waals surface area contributed by atoms with Gasteiger partial charge in [-0.2, -0.15) is 4.31 Å². The molecule has 0 aliphatic carbocycles. The second-order valence-corrected chi connectivity index (χ2v) is 8.16. The number of nitrogen functional groups attached to an aromatic ring is 1. The number of anilines is 1. The Hall–Kier alpha value is -1.33. The van der Waals surface area contributed by atoms with Gasteiger partial charge in [0.25, 0.3) is 0 Å². The van der Waals surface area contributed by atoms with Gasteiger partial charge in [0, 0.05) is 17.8 Å². The van der Waals surface area contributed by atoms with Gasteiger partial charge in [0.15, 0.2) is 0 Å². The molecule has 0 aliphatic rings. The number of nitrogens with zero attached hydrogens (tertiary/aromatic N) is 1. The molecule has 5 heteroatoms. The fourth-order valence-corrected chi connectivity index (χ4v) is 4.68. The zero-order valence-electron chi connectivity index (χ0n) is 13.8. The van der Waals surface area contributed by atoms with Gasteiger partial charge in [-0.25, -0.2) is 8.42 Å².